The first-order valence-electron chi connectivity index (χ1n) is 12.6. The molecular formula is C25H29ClFN9O3. The number of hydrogen-bond acceptors (Lipinski definition) is 10. The Labute approximate surface area is 229 Å². The number of hydrogen-bond donors (Lipinski definition) is 2. The maximum absolute atomic E-state index is 14.5. The lowest BCUT2D eigenvalue weighted by Crippen LogP contribution is -2.50. The van der Waals surface area contributed by atoms with Crippen LogP contribution in [0.1, 0.15) is 23.2 Å². The number of piperazine rings is 1. The fraction of sp³-hybridized carbons (Fsp3) is 0.400. The molecule has 0 bridgehead atoms. The van der Waals surface area contributed by atoms with Crippen LogP contribution in [-0.2, 0) is 0 Å². The number of carbonyl (C=O) groups is 1. The van der Waals surface area contributed by atoms with Crippen molar-refractivity contribution >= 4 is 41.7 Å². The number of nitrogens with two attached hydrogens (primary N) is 1. The van der Waals surface area contributed by atoms with Gasteiger partial charge in [0.2, 0.25) is 17.7 Å². The molecule has 5 heterocycles. The van der Waals surface area contributed by atoms with Crippen molar-refractivity contribution in [3.05, 3.63) is 48.0 Å². The molecule has 14 heteroatoms. The number of carboxylic acid groups (broad SMARTS) is 1. The summed E-state index contributed by atoms with van der Waals surface area (Å²) in [6.07, 6.45) is 3.68. The Bertz CT molecular complexity index is 1460. The molecule has 2 aliphatic rings. The Morgan fingerprint density at radius 1 is 1.10 bits per heavy atom. The number of benzene rings is 1. The van der Waals surface area contributed by atoms with E-state index >= 15 is 0 Å². The minimum atomic E-state index is -1.13. The fourth-order valence-electron chi connectivity index (χ4n) is 5.27. The Morgan fingerprint density at radius 2 is 1.92 bits per heavy atom. The van der Waals surface area contributed by atoms with E-state index in [9.17, 15) is 9.18 Å². The number of piperidine rings is 1. The molecule has 2 aliphatic heterocycles. The summed E-state index contributed by atoms with van der Waals surface area (Å²) in [5.74, 6) is 0.882. The summed E-state index contributed by atoms with van der Waals surface area (Å²) in [6, 6.07) is 7.65. The van der Waals surface area contributed by atoms with Crippen LogP contribution in [0.25, 0.3) is 17.4 Å². The van der Waals surface area contributed by atoms with E-state index in [1.165, 1.54) is 10.6 Å². The van der Waals surface area contributed by atoms with E-state index in [1.807, 2.05) is 4.90 Å². The lowest BCUT2D eigenvalue weighted by atomic mass is 9.97. The number of furan rings is 1. The van der Waals surface area contributed by atoms with Crippen molar-refractivity contribution in [1.29, 1.82) is 0 Å². The van der Waals surface area contributed by atoms with Gasteiger partial charge in [-0.25, -0.2) is 9.18 Å². The van der Waals surface area contributed by atoms with Gasteiger partial charge in [-0.15, -0.1) is 17.5 Å². The van der Waals surface area contributed by atoms with Crippen LogP contribution < -0.4 is 15.5 Å². The fourth-order valence-corrected chi connectivity index (χ4v) is 5.27. The molecule has 0 radical (unpaired) electrons. The molecule has 0 amide bonds. The molecule has 0 unspecified atom stereocenters. The molecule has 0 aliphatic carbocycles. The van der Waals surface area contributed by atoms with Gasteiger partial charge in [0.15, 0.2) is 5.76 Å². The highest BCUT2D eigenvalue weighted by Crippen LogP contribution is 2.26. The second-order valence-corrected chi connectivity index (χ2v) is 9.72. The summed E-state index contributed by atoms with van der Waals surface area (Å²) in [5.41, 5.74) is 6.60. The molecule has 2 fully saturated rings. The molecule has 4 aromatic rings. The highest BCUT2D eigenvalue weighted by atomic mass is 35.5. The highest BCUT2D eigenvalue weighted by Gasteiger charge is 2.27. The van der Waals surface area contributed by atoms with Crippen LogP contribution in [0.3, 0.4) is 0 Å². The zero-order valence-electron chi connectivity index (χ0n) is 21.1. The number of rotatable bonds is 6. The minimum absolute atomic E-state index is 0. The monoisotopic (exact) mass is 557 g/mol. The van der Waals surface area contributed by atoms with Crippen molar-refractivity contribution in [2.24, 2.45) is 5.92 Å². The van der Waals surface area contributed by atoms with Gasteiger partial charge in [-0.3, -0.25) is 4.90 Å². The van der Waals surface area contributed by atoms with E-state index in [2.05, 4.69) is 29.9 Å². The predicted molar refractivity (Wildman–Crippen MR) is 145 cm³/mol. The predicted octanol–water partition coefficient (Wildman–Crippen LogP) is 2.66. The average molecular weight is 558 g/mol. The number of nitrogen functional groups attached to an aromatic ring is 1. The maximum atomic E-state index is 14.5. The van der Waals surface area contributed by atoms with Crippen LogP contribution >= 0.6 is 12.4 Å². The van der Waals surface area contributed by atoms with Crippen molar-refractivity contribution in [3.63, 3.8) is 0 Å². The molecule has 12 nitrogen and oxygen atoms in total. The third-order valence-electron chi connectivity index (χ3n) is 7.19. The number of halogens is 2. The zero-order valence-corrected chi connectivity index (χ0v) is 21.9. The molecule has 2 saturated heterocycles. The Morgan fingerprint density at radius 3 is 2.64 bits per heavy atom. The molecule has 1 atom stereocenters. The standard InChI is InChI=1S/C25H28FN9O3.ClH/c26-18-13-17(22(36)37)5-6-19(18)33-10-8-32(9-11-33)14-16-3-1-7-34(15-16)24-29-23(27)35-25(30-24)28-21(31-35)20-4-2-12-38-20;/h2,4-6,12-13,16H,1,3,7-11,14-15H2,(H,36,37)(H2,27,28,29,30,31);1H/t16-;/m1./s1. The normalized spacial score (nSPS) is 18.3. The lowest BCUT2D eigenvalue weighted by molar-refractivity contribution is 0.0696. The zero-order chi connectivity index (χ0) is 26.2. The van der Waals surface area contributed by atoms with Gasteiger partial charge in [0.05, 0.1) is 17.5 Å². The molecule has 0 saturated carbocycles. The van der Waals surface area contributed by atoms with E-state index in [-0.39, 0.29) is 23.9 Å². The number of aromatic nitrogens is 5. The average Bonchev–Trinajstić information content (AvgIpc) is 3.60. The number of fused-ring (bicyclic) bond motifs is 1. The van der Waals surface area contributed by atoms with Crippen molar-refractivity contribution in [3.8, 4) is 11.6 Å². The van der Waals surface area contributed by atoms with Gasteiger partial charge in [-0.1, -0.05) is 0 Å². The SMILES string of the molecule is Cl.Nc1nc(N2CCC[C@H](CN3CCN(c4ccc(C(=O)O)cc4F)CC3)C2)nc2nc(-c3ccco3)nn12. The summed E-state index contributed by atoms with van der Waals surface area (Å²) >= 11 is 0. The molecular weight excluding hydrogens is 529 g/mol. The maximum Gasteiger partial charge on any atom is 0.335 e. The lowest BCUT2D eigenvalue weighted by Gasteiger charge is -2.40. The van der Waals surface area contributed by atoms with Crippen LogP contribution in [0.4, 0.5) is 22.0 Å². The van der Waals surface area contributed by atoms with Crippen molar-refractivity contribution < 1.29 is 18.7 Å². The summed E-state index contributed by atoms with van der Waals surface area (Å²) in [4.78, 5) is 31.2. The summed E-state index contributed by atoms with van der Waals surface area (Å²) in [7, 11) is 0. The summed E-state index contributed by atoms with van der Waals surface area (Å²) < 4.78 is 21.3. The van der Waals surface area contributed by atoms with Crippen molar-refractivity contribution in [1.82, 2.24) is 29.5 Å². The number of carboxylic acids is 1. The third kappa shape index (κ3) is 5.45. The Balaban J connectivity index is 0.00000308. The summed E-state index contributed by atoms with van der Waals surface area (Å²) in [6.45, 7) is 5.55. The van der Waals surface area contributed by atoms with Crippen molar-refractivity contribution in [2.45, 2.75) is 12.8 Å². The Hall–Kier alpha value is -3.97. The molecule has 1 aromatic carbocycles. The quantitative estimate of drug-likeness (QED) is 0.361. The molecule has 6 rings (SSSR count). The van der Waals surface area contributed by atoms with Crippen LogP contribution in [0.5, 0.6) is 0 Å². The smallest absolute Gasteiger partial charge is 0.335 e. The van der Waals surface area contributed by atoms with Gasteiger partial charge in [0, 0.05) is 45.8 Å². The van der Waals surface area contributed by atoms with E-state index in [1.54, 1.807) is 24.5 Å². The van der Waals surface area contributed by atoms with E-state index in [0.717, 1.165) is 51.6 Å². The van der Waals surface area contributed by atoms with Gasteiger partial charge in [0.1, 0.15) is 5.82 Å². The third-order valence-corrected chi connectivity index (χ3v) is 7.19. The number of nitrogens with zero attached hydrogens (tertiary/aromatic N) is 8. The first-order valence-corrected chi connectivity index (χ1v) is 12.6. The topological polar surface area (TPSA) is 142 Å². The molecule has 39 heavy (non-hydrogen) atoms. The van der Waals surface area contributed by atoms with E-state index in [4.69, 9.17) is 15.3 Å². The van der Waals surface area contributed by atoms with E-state index < -0.39 is 11.8 Å². The minimum Gasteiger partial charge on any atom is -0.478 e. The molecule has 0 spiro atoms. The first-order chi connectivity index (χ1) is 18.4. The van der Waals surface area contributed by atoms with Crippen LogP contribution in [0.15, 0.2) is 41.0 Å². The van der Waals surface area contributed by atoms with E-state index in [0.29, 0.717) is 48.0 Å². The van der Waals surface area contributed by atoms with Gasteiger partial charge in [-0.2, -0.15) is 19.5 Å². The molecule has 206 valence electrons. The summed E-state index contributed by atoms with van der Waals surface area (Å²) in [5, 5.41) is 13.4. The van der Waals surface area contributed by atoms with Gasteiger partial charge >= 0.3 is 5.97 Å². The van der Waals surface area contributed by atoms with Gasteiger partial charge in [0.25, 0.3) is 5.78 Å². The van der Waals surface area contributed by atoms with Crippen LogP contribution in [-0.4, -0.2) is 86.4 Å². The van der Waals surface area contributed by atoms with Crippen LogP contribution in [0, 0.1) is 11.7 Å². The highest BCUT2D eigenvalue weighted by molar-refractivity contribution is 5.88. The second kappa shape index (κ2) is 11.0. The second-order valence-electron chi connectivity index (χ2n) is 9.72. The Kier molecular flexibility index (Phi) is 7.53. The largest absolute Gasteiger partial charge is 0.478 e. The van der Waals surface area contributed by atoms with Crippen molar-refractivity contribution in [2.75, 3.05) is 61.3 Å². The first kappa shape index (κ1) is 26.6. The van der Waals surface area contributed by atoms with Gasteiger partial charge in [-0.05, 0) is 49.1 Å². The van der Waals surface area contributed by atoms with Gasteiger partial charge < -0.3 is 25.1 Å². The molecule has 3 N–H and O–H groups in total. The van der Waals surface area contributed by atoms with Crippen LogP contribution in [0.2, 0.25) is 0 Å². The number of anilines is 3. The number of aromatic carboxylic acids is 1. The molecule has 3 aromatic heterocycles.